The van der Waals surface area contributed by atoms with E-state index in [9.17, 15) is 30.8 Å². The fourth-order valence-electron chi connectivity index (χ4n) is 2.86. The largest absolute Gasteiger partial charge is 0.437 e. The van der Waals surface area contributed by atoms with E-state index in [1.807, 2.05) is 0 Å². The number of hydrogen-bond donors (Lipinski definition) is 1. The number of carbonyl (C=O) groups is 1. The maximum atomic E-state index is 13.5. The highest BCUT2D eigenvalue weighted by molar-refractivity contribution is 7.89. The Morgan fingerprint density at radius 2 is 1.74 bits per heavy atom. The van der Waals surface area contributed by atoms with Gasteiger partial charge in [0.25, 0.3) is 0 Å². The van der Waals surface area contributed by atoms with Gasteiger partial charge < -0.3 is 0 Å². The predicted octanol–water partition coefficient (Wildman–Crippen LogP) is 4.23. The van der Waals surface area contributed by atoms with E-state index in [1.54, 1.807) is 0 Å². The number of nitrogens with one attached hydrogen (secondary N) is 1. The number of benzene rings is 2. The van der Waals surface area contributed by atoms with Gasteiger partial charge in [0.1, 0.15) is 5.82 Å². The molecule has 0 aromatic heterocycles. The Bertz CT molecular complexity index is 1090. The number of hydrogen-bond acceptors (Lipinski definition) is 5. The second kappa shape index (κ2) is 9.02. The standard InChI is InChI=1S/C19H17F4N3O4S/c20-16-6-1-2-7-17(16)24-18(27)30-25-14-8-10-26(11-9-14)31(28,29)15-5-3-4-13(12-15)19(21,22)23/h1-7,12H,8-11H2,(H,24,27). The fourth-order valence-corrected chi connectivity index (χ4v) is 4.35. The van der Waals surface area contributed by atoms with Crippen LogP contribution in [0.4, 0.5) is 28.0 Å². The van der Waals surface area contributed by atoms with Crippen LogP contribution in [0.15, 0.2) is 58.6 Å². The summed E-state index contributed by atoms with van der Waals surface area (Å²) >= 11 is 0. The molecule has 31 heavy (non-hydrogen) atoms. The second-order valence-corrected chi connectivity index (χ2v) is 8.51. The summed E-state index contributed by atoms with van der Waals surface area (Å²) in [6.45, 7) is -0.0919. The molecule has 2 aromatic rings. The summed E-state index contributed by atoms with van der Waals surface area (Å²) in [5.41, 5.74) is -0.754. The van der Waals surface area contributed by atoms with Gasteiger partial charge in [0.15, 0.2) is 0 Å². The van der Waals surface area contributed by atoms with E-state index >= 15 is 0 Å². The second-order valence-electron chi connectivity index (χ2n) is 6.57. The molecule has 7 nitrogen and oxygen atoms in total. The molecule has 2 aromatic carbocycles. The number of carbonyl (C=O) groups excluding carboxylic acids is 1. The Kier molecular flexibility index (Phi) is 6.60. The van der Waals surface area contributed by atoms with Gasteiger partial charge in [0.05, 0.1) is 21.9 Å². The lowest BCUT2D eigenvalue weighted by Gasteiger charge is -2.26. The third-order valence-electron chi connectivity index (χ3n) is 4.47. The number of halogens is 4. The van der Waals surface area contributed by atoms with Crippen molar-refractivity contribution in [3.8, 4) is 0 Å². The summed E-state index contributed by atoms with van der Waals surface area (Å²) in [6, 6.07) is 8.99. The van der Waals surface area contributed by atoms with Gasteiger partial charge in [-0.2, -0.15) is 17.5 Å². The Morgan fingerprint density at radius 3 is 2.39 bits per heavy atom. The molecule has 1 N–H and O–H groups in total. The molecule has 166 valence electrons. The topological polar surface area (TPSA) is 88.1 Å². The van der Waals surface area contributed by atoms with E-state index in [1.165, 1.54) is 18.2 Å². The summed E-state index contributed by atoms with van der Waals surface area (Å²) in [4.78, 5) is 15.9. The van der Waals surface area contributed by atoms with Crippen LogP contribution >= 0.6 is 0 Å². The van der Waals surface area contributed by atoms with Crippen molar-refractivity contribution in [1.82, 2.24) is 4.31 Å². The minimum absolute atomic E-state index is 0.0459. The van der Waals surface area contributed by atoms with Crippen LogP contribution in [0.1, 0.15) is 18.4 Å². The first kappa shape index (κ1) is 22.7. The summed E-state index contributed by atoms with van der Waals surface area (Å²) in [5.74, 6) is -0.653. The highest BCUT2D eigenvalue weighted by Crippen LogP contribution is 2.31. The zero-order chi connectivity index (χ0) is 22.6. The summed E-state index contributed by atoms with van der Waals surface area (Å²) < 4.78 is 78.5. The number of oxime groups is 1. The molecule has 0 bridgehead atoms. The van der Waals surface area contributed by atoms with Gasteiger partial charge in [-0.05, 0) is 30.3 Å². The minimum atomic E-state index is -4.66. The molecule has 0 aliphatic carbocycles. The number of sulfonamides is 1. The molecule has 1 saturated heterocycles. The van der Waals surface area contributed by atoms with Crippen molar-refractivity contribution in [2.24, 2.45) is 5.16 Å². The normalized spacial score (nSPS) is 15.4. The van der Waals surface area contributed by atoms with Crippen LogP contribution in [0.3, 0.4) is 0 Å². The van der Waals surface area contributed by atoms with Crippen LogP contribution in [0.25, 0.3) is 0 Å². The van der Waals surface area contributed by atoms with E-state index in [-0.39, 0.29) is 31.6 Å². The van der Waals surface area contributed by atoms with Crippen molar-refractivity contribution in [2.45, 2.75) is 23.9 Å². The molecule has 0 atom stereocenters. The summed E-state index contributed by atoms with van der Waals surface area (Å²) in [7, 11) is -4.13. The van der Waals surface area contributed by atoms with Gasteiger partial charge in [0, 0.05) is 25.9 Å². The number of para-hydroxylation sites is 1. The smallest absolute Gasteiger partial charge is 0.298 e. The molecule has 0 radical (unpaired) electrons. The molecule has 1 heterocycles. The third kappa shape index (κ3) is 5.58. The minimum Gasteiger partial charge on any atom is -0.298 e. The quantitative estimate of drug-likeness (QED) is 0.421. The molecule has 1 aliphatic rings. The Labute approximate surface area is 175 Å². The average Bonchev–Trinajstić information content (AvgIpc) is 2.74. The van der Waals surface area contributed by atoms with Crippen molar-refractivity contribution in [3.05, 3.63) is 59.9 Å². The maximum absolute atomic E-state index is 13.5. The van der Waals surface area contributed by atoms with Gasteiger partial charge in [-0.1, -0.05) is 23.4 Å². The zero-order valence-electron chi connectivity index (χ0n) is 15.9. The van der Waals surface area contributed by atoms with E-state index in [2.05, 4.69) is 15.3 Å². The molecule has 1 aliphatic heterocycles. The molecule has 0 unspecified atom stereocenters. The number of alkyl halides is 3. The van der Waals surface area contributed by atoms with Crippen LogP contribution in [0, 0.1) is 5.82 Å². The molecule has 12 heteroatoms. The molecule has 1 fully saturated rings. The average molecular weight is 459 g/mol. The van der Waals surface area contributed by atoms with Crippen LogP contribution in [0.5, 0.6) is 0 Å². The maximum Gasteiger partial charge on any atom is 0.437 e. The third-order valence-corrected chi connectivity index (χ3v) is 6.36. The molecule has 1 amide bonds. The van der Waals surface area contributed by atoms with E-state index in [0.717, 1.165) is 28.6 Å². The molecule has 0 spiro atoms. The van der Waals surface area contributed by atoms with Gasteiger partial charge in [-0.25, -0.2) is 17.6 Å². The van der Waals surface area contributed by atoms with E-state index in [4.69, 9.17) is 0 Å². The zero-order valence-corrected chi connectivity index (χ0v) is 16.7. The summed E-state index contributed by atoms with van der Waals surface area (Å²) in [6.07, 6.45) is -5.44. The molecule has 0 saturated carbocycles. The van der Waals surface area contributed by atoms with Crippen LogP contribution in [0.2, 0.25) is 0 Å². The highest BCUT2D eigenvalue weighted by atomic mass is 32.2. The number of piperidine rings is 1. The lowest BCUT2D eigenvalue weighted by atomic mass is 10.1. The lowest BCUT2D eigenvalue weighted by molar-refractivity contribution is -0.137. The van der Waals surface area contributed by atoms with E-state index < -0.39 is 38.6 Å². The lowest BCUT2D eigenvalue weighted by Crippen LogP contribution is -2.38. The van der Waals surface area contributed by atoms with Crippen molar-refractivity contribution in [1.29, 1.82) is 0 Å². The van der Waals surface area contributed by atoms with Crippen LogP contribution in [-0.2, 0) is 21.0 Å². The van der Waals surface area contributed by atoms with Gasteiger partial charge >= 0.3 is 12.3 Å². The van der Waals surface area contributed by atoms with Gasteiger partial charge in [-0.15, -0.1) is 0 Å². The monoisotopic (exact) mass is 459 g/mol. The van der Waals surface area contributed by atoms with Crippen molar-refractivity contribution >= 4 is 27.5 Å². The first-order valence-corrected chi connectivity index (χ1v) is 10.5. The summed E-state index contributed by atoms with van der Waals surface area (Å²) in [5, 5.41) is 5.84. The van der Waals surface area contributed by atoms with Gasteiger partial charge in [-0.3, -0.25) is 10.2 Å². The Balaban J connectivity index is 1.60. The molecular formula is C19H17F4N3O4S. The van der Waals surface area contributed by atoms with Crippen molar-refractivity contribution in [3.63, 3.8) is 0 Å². The number of anilines is 1. The molecular weight excluding hydrogens is 442 g/mol. The number of rotatable bonds is 4. The Morgan fingerprint density at radius 1 is 1.06 bits per heavy atom. The van der Waals surface area contributed by atoms with Crippen LogP contribution < -0.4 is 5.32 Å². The van der Waals surface area contributed by atoms with Crippen LogP contribution in [-0.4, -0.2) is 37.6 Å². The van der Waals surface area contributed by atoms with E-state index in [0.29, 0.717) is 11.8 Å². The Hall–Kier alpha value is -2.99. The van der Waals surface area contributed by atoms with Crippen molar-refractivity contribution in [2.75, 3.05) is 18.4 Å². The highest BCUT2D eigenvalue weighted by Gasteiger charge is 2.33. The fraction of sp³-hybridized carbons (Fsp3) is 0.263. The number of nitrogens with zero attached hydrogens (tertiary/aromatic N) is 2. The van der Waals surface area contributed by atoms with Crippen molar-refractivity contribution < 1.29 is 35.6 Å². The first-order valence-electron chi connectivity index (χ1n) is 9.03. The first-order chi connectivity index (χ1) is 14.6. The van der Waals surface area contributed by atoms with Gasteiger partial charge in [0.2, 0.25) is 10.0 Å². The number of amides is 1. The SMILES string of the molecule is O=C(Nc1ccccc1F)ON=C1CCN(S(=O)(=O)c2cccc(C(F)(F)F)c2)CC1. The molecule has 3 rings (SSSR count). The predicted molar refractivity (Wildman–Crippen MR) is 103 cm³/mol.